The van der Waals surface area contributed by atoms with E-state index in [0.717, 1.165) is 9.80 Å². The van der Waals surface area contributed by atoms with Crippen molar-refractivity contribution in [3.8, 4) is 0 Å². The molecule has 0 rings (SSSR count). The van der Waals surface area contributed by atoms with Crippen LogP contribution in [0.2, 0.25) is 0 Å². The second-order valence-electron chi connectivity index (χ2n) is 4.00. The summed E-state index contributed by atoms with van der Waals surface area (Å²) < 4.78 is 0. The van der Waals surface area contributed by atoms with Gasteiger partial charge in [-0.25, -0.2) is 0 Å². The van der Waals surface area contributed by atoms with Crippen LogP contribution in [0.1, 0.15) is 0 Å². The van der Waals surface area contributed by atoms with Crippen molar-refractivity contribution in [1.82, 2.24) is 9.80 Å². The second-order valence-corrected chi connectivity index (χ2v) is 4.00. The molecule has 12 nitrogen and oxygen atoms in total. The van der Waals surface area contributed by atoms with Gasteiger partial charge in [0.1, 0.15) is 0 Å². The van der Waals surface area contributed by atoms with Crippen LogP contribution in [0, 0.1) is 0 Å². The zero-order chi connectivity index (χ0) is 15.7. The maximum atomic E-state index is 10.6. The summed E-state index contributed by atoms with van der Waals surface area (Å²) in [5, 5.41) is 34.5. The SMILES string of the molecule is O.O.O=C(O)CN(CCN(CC(=O)O)CC(=O)O)CC(=O)O.[Br-].[K+]. The summed E-state index contributed by atoms with van der Waals surface area (Å²) in [6.45, 7) is -2.25. The van der Waals surface area contributed by atoms with Crippen LogP contribution < -0.4 is 68.4 Å². The molecule has 14 heteroatoms. The molecule has 0 saturated heterocycles. The fourth-order valence-corrected chi connectivity index (χ4v) is 1.48. The Kier molecular flexibility index (Phi) is 28.0. The van der Waals surface area contributed by atoms with Crippen LogP contribution in [0.3, 0.4) is 0 Å². The molecule has 0 fully saturated rings. The summed E-state index contributed by atoms with van der Waals surface area (Å²) in [5.41, 5.74) is 0. The van der Waals surface area contributed by atoms with Crippen LogP contribution in [0.4, 0.5) is 0 Å². The zero-order valence-electron chi connectivity index (χ0n) is 12.9. The summed E-state index contributed by atoms with van der Waals surface area (Å²) in [6.07, 6.45) is 0. The van der Waals surface area contributed by atoms with E-state index in [0.29, 0.717) is 0 Å². The molecule has 0 bridgehead atoms. The molecule has 0 aromatic carbocycles. The first-order chi connectivity index (χ1) is 9.20. The molecule has 0 heterocycles. The summed E-state index contributed by atoms with van der Waals surface area (Å²) >= 11 is 0. The molecule has 138 valence electrons. The number of hydrogen-bond donors (Lipinski definition) is 4. The number of hydrogen-bond acceptors (Lipinski definition) is 6. The third-order valence-corrected chi connectivity index (χ3v) is 2.17. The van der Waals surface area contributed by atoms with Gasteiger partial charge in [0.05, 0.1) is 26.2 Å². The Morgan fingerprint density at radius 1 is 0.583 bits per heavy atom. The van der Waals surface area contributed by atoms with E-state index in [1.807, 2.05) is 0 Å². The molecule has 0 atom stereocenters. The van der Waals surface area contributed by atoms with E-state index >= 15 is 0 Å². The molecule has 0 radical (unpaired) electrons. The molecule has 0 spiro atoms. The minimum Gasteiger partial charge on any atom is -1.00 e. The molecule has 0 amide bonds. The van der Waals surface area contributed by atoms with E-state index in [2.05, 4.69) is 0 Å². The van der Waals surface area contributed by atoms with E-state index in [1.54, 1.807) is 0 Å². The minimum atomic E-state index is -1.23. The monoisotopic (exact) mass is 446 g/mol. The van der Waals surface area contributed by atoms with Gasteiger partial charge in [-0.3, -0.25) is 29.0 Å². The fourth-order valence-electron chi connectivity index (χ4n) is 1.48. The van der Waals surface area contributed by atoms with Gasteiger partial charge in [-0.05, 0) is 0 Å². The third kappa shape index (κ3) is 21.8. The number of aliphatic carboxylic acids is 4. The Morgan fingerprint density at radius 2 is 0.750 bits per heavy atom. The molecule has 0 aliphatic carbocycles. The van der Waals surface area contributed by atoms with Gasteiger partial charge >= 0.3 is 75.3 Å². The molecule has 24 heavy (non-hydrogen) atoms. The maximum absolute atomic E-state index is 10.6. The summed E-state index contributed by atoms with van der Waals surface area (Å²) in [6, 6.07) is 0. The number of rotatable bonds is 11. The normalized spacial score (nSPS) is 8.92. The van der Waals surface area contributed by atoms with Crippen molar-refractivity contribution >= 4 is 23.9 Å². The Morgan fingerprint density at radius 3 is 0.875 bits per heavy atom. The summed E-state index contributed by atoms with van der Waals surface area (Å²) in [7, 11) is 0. The van der Waals surface area contributed by atoms with Gasteiger partial charge in [0.25, 0.3) is 0 Å². The fraction of sp³-hybridized carbons (Fsp3) is 0.600. The largest absolute Gasteiger partial charge is 1.00 e. The third-order valence-electron chi connectivity index (χ3n) is 2.17. The van der Waals surface area contributed by atoms with Crippen LogP contribution in [0.5, 0.6) is 0 Å². The van der Waals surface area contributed by atoms with Crippen LogP contribution in [-0.2, 0) is 19.2 Å². The molecule has 0 saturated carbocycles. The van der Waals surface area contributed by atoms with Gasteiger partial charge in [0.15, 0.2) is 0 Å². The topological polar surface area (TPSA) is 219 Å². The van der Waals surface area contributed by atoms with E-state index in [-0.39, 0.29) is 92.4 Å². The first-order valence-electron chi connectivity index (χ1n) is 5.52. The summed E-state index contributed by atoms with van der Waals surface area (Å²) in [4.78, 5) is 44.4. The van der Waals surface area contributed by atoms with Crippen molar-refractivity contribution in [3.63, 3.8) is 0 Å². The Bertz CT molecular complexity index is 330. The van der Waals surface area contributed by atoms with E-state index < -0.39 is 50.1 Å². The molecular formula is C10H20BrKN2O10. The maximum Gasteiger partial charge on any atom is 1.00 e. The van der Waals surface area contributed by atoms with E-state index in [1.165, 1.54) is 0 Å². The standard InChI is InChI=1S/C10H16N2O8.BrH.K.2H2O/c13-7(14)3-11(4-8(15)16)1-2-12(5-9(17)18)6-10(19)20;;;;/h1-6H2,(H,13,14)(H,15,16)(H,17,18)(H,19,20);1H;;2*1H2/q;;+1;;/p-1. The average Bonchev–Trinajstić information content (AvgIpc) is 2.22. The zero-order valence-corrected chi connectivity index (χ0v) is 17.6. The van der Waals surface area contributed by atoms with Crippen molar-refractivity contribution < 1.29 is 119 Å². The smallest absolute Gasteiger partial charge is 1.00 e. The molecule has 0 aliphatic rings. The van der Waals surface area contributed by atoms with Gasteiger partial charge in [-0.2, -0.15) is 0 Å². The molecule has 0 aromatic heterocycles. The van der Waals surface area contributed by atoms with E-state index in [4.69, 9.17) is 20.4 Å². The molecule has 0 aliphatic heterocycles. The van der Waals surface area contributed by atoms with Gasteiger partial charge in [0.2, 0.25) is 0 Å². The number of nitrogens with zero attached hydrogens (tertiary/aromatic N) is 2. The van der Waals surface area contributed by atoms with E-state index in [9.17, 15) is 19.2 Å². The Labute approximate surface area is 190 Å². The molecule has 0 aromatic rings. The van der Waals surface area contributed by atoms with Crippen LogP contribution >= 0.6 is 0 Å². The second kappa shape index (κ2) is 19.2. The first kappa shape index (κ1) is 35.0. The predicted octanol–water partition coefficient (Wildman–Crippen LogP) is -9.71. The van der Waals surface area contributed by atoms with Gasteiger partial charge < -0.3 is 48.4 Å². The van der Waals surface area contributed by atoms with Gasteiger partial charge in [-0.1, -0.05) is 0 Å². The number of carboxylic acids is 4. The van der Waals surface area contributed by atoms with Crippen LogP contribution in [0.25, 0.3) is 0 Å². The van der Waals surface area contributed by atoms with Crippen molar-refractivity contribution in [3.05, 3.63) is 0 Å². The van der Waals surface area contributed by atoms with Gasteiger partial charge in [0, 0.05) is 13.1 Å². The van der Waals surface area contributed by atoms with Gasteiger partial charge in [-0.15, -0.1) is 0 Å². The molecular weight excluding hydrogens is 427 g/mol. The molecule has 8 N–H and O–H groups in total. The average molecular weight is 447 g/mol. The van der Waals surface area contributed by atoms with Crippen molar-refractivity contribution in [2.45, 2.75) is 0 Å². The number of carboxylic acid groups (broad SMARTS) is 4. The van der Waals surface area contributed by atoms with Crippen LogP contribution in [-0.4, -0.2) is 104 Å². The molecule has 0 unspecified atom stereocenters. The minimum absolute atomic E-state index is 0. The Balaban J connectivity index is -0.000000301. The number of carbonyl (C=O) groups is 4. The Hall–Kier alpha value is -0.164. The quantitative estimate of drug-likeness (QED) is 0.219. The number of halogens is 1. The van der Waals surface area contributed by atoms with Crippen LogP contribution in [0.15, 0.2) is 0 Å². The van der Waals surface area contributed by atoms with Crippen molar-refractivity contribution in [2.24, 2.45) is 0 Å². The van der Waals surface area contributed by atoms with Crippen molar-refractivity contribution in [1.29, 1.82) is 0 Å². The van der Waals surface area contributed by atoms with Crippen molar-refractivity contribution in [2.75, 3.05) is 39.3 Å². The first-order valence-corrected chi connectivity index (χ1v) is 5.52. The predicted molar refractivity (Wildman–Crippen MR) is 70.7 cm³/mol. The summed E-state index contributed by atoms with van der Waals surface area (Å²) in [5.74, 6) is -4.91.